The Morgan fingerprint density at radius 3 is 2.27 bits per heavy atom. The number of amides is 1. The van der Waals surface area contributed by atoms with Gasteiger partial charge >= 0.3 is 0 Å². The van der Waals surface area contributed by atoms with Crippen molar-refractivity contribution in [3.63, 3.8) is 0 Å². The second-order valence-corrected chi connectivity index (χ2v) is 6.68. The first-order chi connectivity index (χ1) is 14.2. The Kier molecular flexibility index (Phi) is 12.6. The molecule has 0 heterocycles. The largest absolute Gasteiger partial charge is 0.372 e. The van der Waals surface area contributed by atoms with Crippen molar-refractivity contribution in [2.24, 2.45) is 4.99 Å². The number of benzene rings is 2. The van der Waals surface area contributed by atoms with Crippen LogP contribution in [0.1, 0.15) is 36.2 Å². The van der Waals surface area contributed by atoms with E-state index in [1.807, 2.05) is 37.3 Å². The fourth-order valence-corrected chi connectivity index (χ4v) is 3.03. The summed E-state index contributed by atoms with van der Waals surface area (Å²) in [6.07, 6.45) is 1.02. The first kappa shape index (κ1) is 25.7. The summed E-state index contributed by atoms with van der Waals surface area (Å²) in [5.41, 5.74) is 3.04. The molecule has 0 aromatic heterocycles. The summed E-state index contributed by atoms with van der Waals surface area (Å²) < 4.78 is 0. The van der Waals surface area contributed by atoms with Crippen molar-refractivity contribution in [3.8, 4) is 0 Å². The van der Waals surface area contributed by atoms with Gasteiger partial charge in [0.2, 0.25) is 0 Å². The summed E-state index contributed by atoms with van der Waals surface area (Å²) in [6.45, 7) is 8.20. The quantitative estimate of drug-likeness (QED) is 0.193. The van der Waals surface area contributed by atoms with Crippen molar-refractivity contribution in [1.82, 2.24) is 16.0 Å². The molecule has 2 aromatic rings. The summed E-state index contributed by atoms with van der Waals surface area (Å²) in [5.74, 6) is 0.738. The topological polar surface area (TPSA) is 68.8 Å². The molecule has 7 heteroatoms. The zero-order chi connectivity index (χ0) is 20.9. The summed E-state index contributed by atoms with van der Waals surface area (Å²) in [7, 11) is 1.77. The van der Waals surface area contributed by atoms with Gasteiger partial charge in [-0.15, -0.1) is 24.0 Å². The Bertz CT molecular complexity index is 765. The number of aliphatic imine (C=N–C) groups is 1. The Balaban J connectivity index is 0.00000450. The van der Waals surface area contributed by atoms with Crippen molar-refractivity contribution in [3.05, 3.63) is 65.7 Å². The predicted octanol–water partition coefficient (Wildman–Crippen LogP) is 3.64. The number of hydrogen-bond donors (Lipinski definition) is 3. The number of halogens is 1. The van der Waals surface area contributed by atoms with Crippen LogP contribution >= 0.6 is 24.0 Å². The second kappa shape index (κ2) is 14.7. The SMILES string of the molecule is CCNC(=O)c1ccc(CNC(=NC)NCCCN(CC)c2ccccc2)cc1.I. The number of rotatable bonds is 10. The van der Waals surface area contributed by atoms with E-state index in [9.17, 15) is 4.79 Å². The average molecular weight is 523 g/mol. The Morgan fingerprint density at radius 1 is 0.967 bits per heavy atom. The molecule has 0 aliphatic heterocycles. The number of nitrogens with one attached hydrogen (secondary N) is 3. The number of nitrogens with zero attached hydrogens (tertiary/aromatic N) is 2. The van der Waals surface area contributed by atoms with Crippen LogP contribution in [-0.4, -0.2) is 45.1 Å². The highest BCUT2D eigenvalue weighted by molar-refractivity contribution is 14.0. The molecule has 2 rings (SSSR count). The number of hydrogen-bond acceptors (Lipinski definition) is 3. The minimum atomic E-state index is -0.0406. The maximum absolute atomic E-state index is 11.8. The Morgan fingerprint density at radius 2 is 1.67 bits per heavy atom. The van der Waals surface area contributed by atoms with E-state index in [0.29, 0.717) is 18.7 Å². The number of carbonyl (C=O) groups is 1. The maximum atomic E-state index is 11.8. The molecular formula is C23H34IN5O. The lowest BCUT2D eigenvalue weighted by Crippen LogP contribution is -2.38. The van der Waals surface area contributed by atoms with Gasteiger partial charge < -0.3 is 20.9 Å². The highest BCUT2D eigenvalue weighted by Gasteiger charge is 2.05. The van der Waals surface area contributed by atoms with Crippen LogP contribution in [0.15, 0.2) is 59.6 Å². The van der Waals surface area contributed by atoms with Gasteiger partial charge in [0.15, 0.2) is 5.96 Å². The fourth-order valence-electron chi connectivity index (χ4n) is 3.03. The van der Waals surface area contributed by atoms with Gasteiger partial charge in [-0.2, -0.15) is 0 Å². The number of guanidine groups is 1. The predicted molar refractivity (Wildman–Crippen MR) is 137 cm³/mol. The molecule has 0 radical (unpaired) electrons. The van der Waals surface area contributed by atoms with Crippen LogP contribution < -0.4 is 20.9 Å². The van der Waals surface area contributed by atoms with E-state index in [1.54, 1.807) is 7.05 Å². The lowest BCUT2D eigenvalue weighted by Gasteiger charge is -2.23. The van der Waals surface area contributed by atoms with Gasteiger partial charge in [-0.1, -0.05) is 30.3 Å². The van der Waals surface area contributed by atoms with Gasteiger partial charge in [0.05, 0.1) is 0 Å². The van der Waals surface area contributed by atoms with Gasteiger partial charge in [0.25, 0.3) is 5.91 Å². The highest BCUT2D eigenvalue weighted by atomic mass is 127. The van der Waals surface area contributed by atoms with Gasteiger partial charge in [-0.3, -0.25) is 9.79 Å². The molecule has 0 saturated carbocycles. The monoisotopic (exact) mass is 523 g/mol. The summed E-state index contributed by atoms with van der Waals surface area (Å²) in [5, 5.41) is 9.49. The van der Waals surface area contributed by atoms with Crippen molar-refractivity contribution in [2.75, 3.05) is 38.1 Å². The first-order valence-electron chi connectivity index (χ1n) is 10.3. The van der Waals surface area contributed by atoms with Crippen molar-refractivity contribution >= 4 is 41.5 Å². The second-order valence-electron chi connectivity index (χ2n) is 6.68. The third kappa shape index (κ3) is 8.61. The molecule has 1 amide bonds. The maximum Gasteiger partial charge on any atom is 0.251 e. The smallest absolute Gasteiger partial charge is 0.251 e. The van der Waals surface area contributed by atoms with Crippen LogP contribution in [0.3, 0.4) is 0 Å². The Hall–Kier alpha value is -2.29. The minimum absolute atomic E-state index is 0. The Labute approximate surface area is 197 Å². The molecule has 0 spiro atoms. The number of para-hydroxylation sites is 1. The van der Waals surface area contributed by atoms with E-state index in [2.05, 4.69) is 57.0 Å². The molecule has 0 fully saturated rings. The van der Waals surface area contributed by atoms with Crippen LogP contribution in [0.25, 0.3) is 0 Å². The van der Waals surface area contributed by atoms with Gasteiger partial charge in [0, 0.05) is 51.0 Å². The molecule has 0 aliphatic rings. The zero-order valence-electron chi connectivity index (χ0n) is 18.1. The molecule has 0 aliphatic carbocycles. The third-order valence-corrected chi connectivity index (χ3v) is 4.64. The third-order valence-electron chi connectivity index (χ3n) is 4.64. The van der Waals surface area contributed by atoms with Crippen LogP contribution in [0.2, 0.25) is 0 Å². The summed E-state index contributed by atoms with van der Waals surface area (Å²) in [6, 6.07) is 18.1. The molecule has 0 atom stereocenters. The molecule has 0 saturated heterocycles. The standard InChI is InChI=1S/C23H33N5O.HI/c1-4-25-22(29)20-14-12-19(13-15-20)18-27-23(24-3)26-16-9-17-28(5-2)21-10-7-6-8-11-21;/h6-8,10-15H,4-5,9,16-18H2,1-3H3,(H,25,29)(H2,24,26,27);1H. The van der Waals surface area contributed by atoms with E-state index in [1.165, 1.54) is 5.69 Å². The highest BCUT2D eigenvalue weighted by Crippen LogP contribution is 2.12. The van der Waals surface area contributed by atoms with Gasteiger partial charge in [0.1, 0.15) is 0 Å². The normalized spacial score (nSPS) is 10.7. The van der Waals surface area contributed by atoms with Gasteiger partial charge in [-0.25, -0.2) is 0 Å². The lowest BCUT2D eigenvalue weighted by molar-refractivity contribution is 0.0956. The average Bonchev–Trinajstić information content (AvgIpc) is 2.77. The molecule has 0 unspecified atom stereocenters. The zero-order valence-corrected chi connectivity index (χ0v) is 20.5. The molecule has 2 aromatic carbocycles. The summed E-state index contributed by atoms with van der Waals surface area (Å²) in [4.78, 5) is 18.5. The first-order valence-corrected chi connectivity index (χ1v) is 10.3. The van der Waals surface area contributed by atoms with Crippen LogP contribution in [0.4, 0.5) is 5.69 Å². The van der Waals surface area contributed by atoms with Crippen molar-refractivity contribution < 1.29 is 4.79 Å². The molecule has 3 N–H and O–H groups in total. The van der Waals surface area contributed by atoms with Crippen LogP contribution in [-0.2, 0) is 6.54 Å². The van der Waals surface area contributed by atoms with Crippen LogP contribution in [0, 0.1) is 0 Å². The molecular weight excluding hydrogens is 489 g/mol. The molecule has 164 valence electrons. The number of carbonyl (C=O) groups excluding carboxylic acids is 1. The lowest BCUT2D eigenvalue weighted by atomic mass is 10.1. The minimum Gasteiger partial charge on any atom is -0.372 e. The van der Waals surface area contributed by atoms with E-state index in [4.69, 9.17) is 0 Å². The fraction of sp³-hybridized carbons (Fsp3) is 0.391. The van der Waals surface area contributed by atoms with Crippen molar-refractivity contribution in [1.29, 1.82) is 0 Å². The van der Waals surface area contributed by atoms with Gasteiger partial charge in [-0.05, 0) is 50.1 Å². The summed E-state index contributed by atoms with van der Waals surface area (Å²) >= 11 is 0. The van der Waals surface area contributed by atoms with Crippen LogP contribution in [0.5, 0.6) is 0 Å². The van der Waals surface area contributed by atoms with E-state index < -0.39 is 0 Å². The van der Waals surface area contributed by atoms with E-state index >= 15 is 0 Å². The molecule has 30 heavy (non-hydrogen) atoms. The number of anilines is 1. The van der Waals surface area contributed by atoms with E-state index in [0.717, 1.165) is 37.6 Å². The molecule has 0 bridgehead atoms. The molecule has 6 nitrogen and oxygen atoms in total. The van der Waals surface area contributed by atoms with Crippen molar-refractivity contribution in [2.45, 2.75) is 26.8 Å². The van der Waals surface area contributed by atoms with E-state index in [-0.39, 0.29) is 29.9 Å².